The molecule has 4 N–H and O–H groups in total. The molecule has 2 amide bonds. The quantitative estimate of drug-likeness (QED) is 0.621. The predicted octanol–water partition coefficient (Wildman–Crippen LogP) is -1.03. The first-order valence-corrected chi connectivity index (χ1v) is 3.33. The minimum absolute atomic E-state index is 0. The van der Waals surface area contributed by atoms with Crippen molar-refractivity contribution in [3.63, 3.8) is 0 Å². The number of nitrogens with two attached hydrogens (primary N) is 2. The predicted molar refractivity (Wildman–Crippen MR) is 42.1 cm³/mol. The van der Waals surface area contributed by atoms with Crippen LogP contribution in [0.25, 0.3) is 0 Å². The average Bonchev–Trinajstić information content (AvgIpc) is 1.98. The number of hydrogen-bond donors (Lipinski definition) is 2. The Morgan fingerprint density at radius 2 is 1.64 bits per heavy atom. The van der Waals surface area contributed by atoms with Crippen molar-refractivity contribution in [2.75, 3.05) is 0 Å². The van der Waals surface area contributed by atoms with Crippen molar-refractivity contribution >= 4 is 11.8 Å². The van der Waals surface area contributed by atoms with Gasteiger partial charge >= 0.3 is 0 Å². The van der Waals surface area contributed by atoms with Crippen LogP contribution in [0, 0.1) is 20.0 Å². The van der Waals surface area contributed by atoms with Crippen LogP contribution in [-0.4, -0.2) is 17.9 Å². The van der Waals surface area contributed by atoms with E-state index >= 15 is 0 Å². The first kappa shape index (κ1) is 20.5. The molecule has 0 bridgehead atoms. The SMILES string of the molecule is [CH2-]CC(C(N)=O)C(O[CH2-])C(N)=O.[Y].[Y]. The zero-order valence-electron chi connectivity index (χ0n) is 7.81. The smallest absolute Gasteiger partial charge is 0.244 e. The molecule has 0 aromatic heterocycles. The van der Waals surface area contributed by atoms with Gasteiger partial charge in [-0.25, -0.2) is 7.11 Å². The Kier molecular flexibility index (Phi) is 15.6. The molecule has 2 unspecified atom stereocenters. The number of hydrogen-bond acceptors (Lipinski definition) is 3. The third kappa shape index (κ3) is 6.57. The van der Waals surface area contributed by atoms with E-state index in [1.165, 1.54) is 0 Å². The van der Waals surface area contributed by atoms with Gasteiger partial charge in [0.1, 0.15) is 6.10 Å². The third-order valence-electron chi connectivity index (χ3n) is 1.50. The number of rotatable bonds is 5. The minimum atomic E-state index is -1.08. The molecule has 0 aromatic rings. The van der Waals surface area contributed by atoms with Crippen LogP contribution in [-0.2, 0) is 79.7 Å². The summed E-state index contributed by atoms with van der Waals surface area (Å²) in [6, 6.07) is 0. The molecule has 14 heavy (non-hydrogen) atoms. The average molecular weight is 350 g/mol. The normalized spacial score (nSPS) is 13.0. The summed E-state index contributed by atoms with van der Waals surface area (Å²) in [6.07, 6.45) is -0.932. The van der Waals surface area contributed by atoms with Gasteiger partial charge in [0.2, 0.25) is 11.8 Å². The standard InChI is InChI=1S/C7H12N2O3.2Y/c1-3-4(6(8)10)5(12-2)7(9)11;;/h4-5H,1-3H2,(H2,8,10)(H2,9,11);;/q-2;;. The number of carbonyl (C=O) groups is 2. The molecule has 0 aliphatic heterocycles. The van der Waals surface area contributed by atoms with E-state index in [2.05, 4.69) is 18.8 Å². The fourth-order valence-corrected chi connectivity index (χ4v) is 0.839. The molecule has 0 fully saturated rings. The molecule has 0 saturated carbocycles. The van der Waals surface area contributed by atoms with E-state index in [1.54, 1.807) is 0 Å². The molecular weight excluding hydrogens is 338 g/mol. The largest absolute Gasteiger partial charge is 0.545 e. The third-order valence-corrected chi connectivity index (χ3v) is 1.50. The van der Waals surface area contributed by atoms with Crippen molar-refractivity contribution in [1.29, 1.82) is 0 Å². The van der Waals surface area contributed by atoms with E-state index in [4.69, 9.17) is 11.5 Å². The molecule has 0 spiro atoms. The Balaban J connectivity index is -0.000000605. The van der Waals surface area contributed by atoms with Gasteiger partial charge in [-0.3, -0.25) is 9.59 Å². The second-order valence-electron chi connectivity index (χ2n) is 2.29. The van der Waals surface area contributed by atoms with E-state index in [9.17, 15) is 9.59 Å². The molecule has 2 atom stereocenters. The van der Waals surface area contributed by atoms with Gasteiger partial charge in [-0.1, -0.05) is 0 Å². The monoisotopic (exact) mass is 350 g/mol. The summed E-state index contributed by atoms with van der Waals surface area (Å²) >= 11 is 0. The Morgan fingerprint density at radius 3 is 1.71 bits per heavy atom. The fourth-order valence-electron chi connectivity index (χ4n) is 0.839. The maximum Gasteiger partial charge on any atom is 0.244 e. The first-order valence-electron chi connectivity index (χ1n) is 3.33. The molecule has 0 aliphatic rings. The van der Waals surface area contributed by atoms with Crippen LogP contribution < -0.4 is 11.5 Å². The number of primary amides is 2. The van der Waals surface area contributed by atoms with Gasteiger partial charge in [-0.15, -0.1) is 0 Å². The van der Waals surface area contributed by atoms with Crippen molar-refractivity contribution in [1.82, 2.24) is 0 Å². The summed E-state index contributed by atoms with van der Waals surface area (Å²) in [4.78, 5) is 21.4. The molecule has 0 saturated heterocycles. The second-order valence-corrected chi connectivity index (χ2v) is 2.29. The molecule has 76 valence electrons. The summed E-state index contributed by atoms with van der Waals surface area (Å²) in [7, 11) is 3.02. The molecule has 5 nitrogen and oxygen atoms in total. The van der Waals surface area contributed by atoms with E-state index in [0.29, 0.717) is 0 Å². The number of ether oxygens (including phenoxy) is 1. The molecule has 0 heterocycles. The Hall–Kier alpha value is 1.11. The Bertz CT molecular complexity index is 170. The molecule has 0 aromatic carbocycles. The van der Waals surface area contributed by atoms with Crippen molar-refractivity contribution in [2.24, 2.45) is 17.4 Å². The Labute approximate surface area is 134 Å². The molecule has 0 aliphatic carbocycles. The van der Waals surface area contributed by atoms with Crippen LogP contribution in [0.5, 0.6) is 0 Å². The van der Waals surface area contributed by atoms with E-state index in [-0.39, 0.29) is 71.8 Å². The van der Waals surface area contributed by atoms with Gasteiger partial charge < -0.3 is 23.1 Å². The van der Waals surface area contributed by atoms with Gasteiger partial charge in [0, 0.05) is 71.3 Å². The van der Waals surface area contributed by atoms with Crippen molar-refractivity contribution in [2.45, 2.75) is 12.5 Å². The van der Waals surface area contributed by atoms with Crippen LogP contribution in [0.2, 0.25) is 0 Å². The fraction of sp³-hybridized carbons (Fsp3) is 0.429. The Morgan fingerprint density at radius 1 is 1.21 bits per heavy atom. The van der Waals surface area contributed by atoms with Crippen LogP contribution in [0.1, 0.15) is 6.42 Å². The summed E-state index contributed by atoms with van der Waals surface area (Å²) in [6.45, 7) is 3.44. The topological polar surface area (TPSA) is 95.4 Å². The molecule has 2 radical (unpaired) electrons. The van der Waals surface area contributed by atoms with E-state index in [1.807, 2.05) is 0 Å². The van der Waals surface area contributed by atoms with E-state index in [0.717, 1.165) is 0 Å². The van der Waals surface area contributed by atoms with Crippen molar-refractivity contribution < 1.29 is 79.7 Å². The maximum absolute atomic E-state index is 10.7. The van der Waals surface area contributed by atoms with Gasteiger partial charge in [0.15, 0.2) is 0 Å². The molecular formula is C7H12N2O3Y2-2. The minimum Gasteiger partial charge on any atom is -0.545 e. The van der Waals surface area contributed by atoms with Crippen LogP contribution in [0.4, 0.5) is 0 Å². The van der Waals surface area contributed by atoms with E-state index < -0.39 is 23.8 Å². The molecule has 0 rings (SSSR count). The van der Waals surface area contributed by atoms with Crippen LogP contribution in [0.3, 0.4) is 0 Å². The van der Waals surface area contributed by atoms with Gasteiger partial charge in [0.05, 0.1) is 0 Å². The maximum atomic E-state index is 10.7. The molecule has 7 heteroatoms. The zero-order valence-corrected chi connectivity index (χ0v) is 13.5. The van der Waals surface area contributed by atoms with Gasteiger partial charge in [0.25, 0.3) is 0 Å². The summed E-state index contributed by atoms with van der Waals surface area (Å²) < 4.78 is 4.46. The van der Waals surface area contributed by atoms with Crippen LogP contribution >= 0.6 is 0 Å². The number of amides is 2. The van der Waals surface area contributed by atoms with Crippen molar-refractivity contribution in [3.8, 4) is 0 Å². The summed E-state index contributed by atoms with van der Waals surface area (Å²) in [5, 5.41) is 0. The van der Waals surface area contributed by atoms with Crippen molar-refractivity contribution in [3.05, 3.63) is 14.0 Å². The zero-order chi connectivity index (χ0) is 9.72. The van der Waals surface area contributed by atoms with Gasteiger partial charge in [-0.2, -0.15) is 6.42 Å². The second kappa shape index (κ2) is 10.6. The summed E-state index contributed by atoms with van der Waals surface area (Å²) in [5.74, 6) is -2.24. The summed E-state index contributed by atoms with van der Waals surface area (Å²) in [5.41, 5.74) is 9.89. The van der Waals surface area contributed by atoms with Gasteiger partial charge in [-0.05, 0) is 0 Å². The first-order chi connectivity index (χ1) is 5.54. The number of carbonyl (C=O) groups excluding carboxylic acids is 2. The van der Waals surface area contributed by atoms with Crippen LogP contribution in [0.15, 0.2) is 0 Å².